The average molecular weight is 311 g/mol. The van der Waals surface area contributed by atoms with Gasteiger partial charge in [0.05, 0.1) is 16.2 Å². The Morgan fingerprint density at radius 1 is 1.30 bits per heavy atom. The van der Waals surface area contributed by atoms with Crippen molar-refractivity contribution in [1.82, 2.24) is 4.98 Å². The molecule has 0 atom stereocenters. The number of rotatable bonds is 4. The van der Waals surface area contributed by atoms with Gasteiger partial charge in [0.25, 0.3) is 0 Å². The van der Waals surface area contributed by atoms with Gasteiger partial charge in [-0.05, 0) is 26.0 Å². The molecule has 1 N–H and O–H groups in total. The van der Waals surface area contributed by atoms with Crippen LogP contribution in [0.15, 0.2) is 29.2 Å². The van der Waals surface area contributed by atoms with Crippen molar-refractivity contribution in [1.29, 1.82) is 0 Å². The summed E-state index contributed by atoms with van der Waals surface area (Å²) in [5.41, 5.74) is 0.587. The van der Waals surface area contributed by atoms with Crippen molar-refractivity contribution in [3.05, 3.63) is 45.4 Å². The fourth-order valence-corrected chi connectivity index (χ4v) is 4.51. The molecule has 1 aromatic carbocycles. The van der Waals surface area contributed by atoms with Crippen molar-refractivity contribution in [2.45, 2.75) is 24.5 Å². The molecule has 0 radical (unpaired) electrons. The van der Waals surface area contributed by atoms with E-state index in [9.17, 15) is 13.2 Å². The van der Waals surface area contributed by atoms with Gasteiger partial charge in [0, 0.05) is 4.88 Å². The highest BCUT2D eigenvalue weighted by Crippen LogP contribution is 2.24. The van der Waals surface area contributed by atoms with Crippen LogP contribution in [0.1, 0.15) is 25.9 Å². The Morgan fingerprint density at radius 3 is 2.50 bits per heavy atom. The molecular formula is C13H13NO4S2. The Morgan fingerprint density at radius 2 is 1.95 bits per heavy atom. The normalized spacial score (nSPS) is 11.5. The first-order valence-electron chi connectivity index (χ1n) is 5.79. The second kappa shape index (κ2) is 5.34. The first-order valence-corrected chi connectivity index (χ1v) is 8.26. The minimum Gasteiger partial charge on any atom is -0.478 e. The fraction of sp³-hybridized carbons (Fsp3) is 0.231. The topological polar surface area (TPSA) is 84.3 Å². The van der Waals surface area contributed by atoms with Gasteiger partial charge in [-0.3, -0.25) is 0 Å². The summed E-state index contributed by atoms with van der Waals surface area (Å²) in [7, 11) is -3.73. The number of benzene rings is 1. The highest BCUT2D eigenvalue weighted by Gasteiger charge is 2.23. The standard InChI is InChI=1S/C13H13NO4S2/c1-8-9(2)19-12(14-8)7-20(17,18)11-6-4-3-5-10(11)13(15)16/h3-6H,7H2,1-2H3,(H,15,16). The van der Waals surface area contributed by atoms with Crippen molar-refractivity contribution in [3.8, 4) is 0 Å². The molecular weight excluding hydrogens is 298 g/mol. The number of nitrogens with zero attached hydrogens (tertiary/aromatic N) is 1. The van der Waals surface area contributed by atoms with Gasteiger partial charge in [0.2, 0.25) is 0 Å². The lowest BCUT2D eigenvalue weighted by molar-refractivity contribution is 0.0692. The Kier molecular flexibility index (Phi) is 3.92. The van der Waals surface area contributed by atoms with E-state index in [1.807, 2.05) is 13.8 Å². The van der Waals surface area contributed by atoms with E-state index in [-0.39, 0.29) is 16.2 Å². The van der Waals surface area contributed by atoms with Crippen molar-refractivity contribution in [2.24, 2.45) is 0 Å². The third-order valence-corrected chi connectivity index (χ3v) is 5.77. The molecule has 0 aliphatic carbocycles. The van der Waals surface area contributed by atoms with E-state index in [0.29, 0.717) is 5.01 Å². The predicted molar refractivity (Wildman–Crippen MR) is 75.9 cm³/mol. The Bertz CT molecular complexity index is 743. The zero-order chi connectivity index (χ0) is 14.9. The van der Waals surface area contributed by atoms with Crippen molar-refractivity contribution in [2.75, 3.05) is 0 Å². The lowest BCUT2D eigenvalue weighted by atomic mass is 10.2. The molecule has 0 unspecified atom stereocenters. The summed E-state index contributed by atoms with van der Waals surface area (Å²) in [6, 6.07) is 5.61. The number of carboxylic acids is 1. The number of aromatic nitrogens is 1. The van der Waals surface area contributed by atoms with E-state index in [0.717, 1.165) is 10.6 Å². The number of hydrogen-bond donors (Lipinski definition) is 1. The van der Waals surface area contributed by atoms with Crippen LogP contribution < -0.4 is 0 Å². The molecule has 0 bridgehead atoms. The van der Waals surface area contributed by atoms with Crippen LogP contribution in [-0.2, 0) is 15.6 Å². The monoisotopic (exact) mass is 311 g/mol. The van der Waals surface area contributed by atoms with Crippen molar-refractivity contribution >= 4 is 27.1 Å². The summed E-state index contributed by atoms with van der Waals surface area (Å²) in [5, 5.41) is 9.54. The number of carbonyl (C=O) groups is 1. The average Bonchev–Trinajstić information content (AvgIpc) is 2.67. The summed E-state index contributed by atoms with van der Waals surface area (Å²) in [6.45, 7) is 3.68. The molecule has 0 aliphatic heterocycles. The quantitative estimate of drug-likeness (QED) is 0.937. The van der Waals surface area contributed by atoms with Crippen LogP contribution in [0.4, 0.5) is 0 Å². The number of aryl methyl sites for hydroxylation is 2. The summed E-state index contributed by atoms with van der Waals surface area (Å²) >= 11 is 1.31. The molecule has 2 aromatic rings. The molecule has 0 spiro atoms. The van der Waals surface area contributed by atoms with Crippen LogP contribution in [0.5, 0.6) is 0 Å². The highest BCUT2D eigenvalue weighted by atomic mass is 32.2. The van der Waals surface area contributed by atoms with E-state index in [1.165, 1.54) is 35.6 Å². The molecule has 1 heterocycles. The summed E-state index contributed by atoms with van der Waals surface area (Å²) in [5.74, 6) is -1.54. The van der Waals surface area contributed by atoms with Crippen LogP contribution in [0.25, 0.3) is 0 Å². The molecule has 0 aliphatic rings. The molecule has 0 fully saturated rings. The van der Waals surface area contributed by atoms with Crippen LogP contribution in [0.3, 0.4) is 0 Å². The summed E-state index contributed by atoms with van der Waals surface area (Å²) in [6.07, 6.45) is 0. The molecule has 0 saturated heterocycles. The van der Waals surface area contributed by atoms with Crippen LogP contribution in [0.2, 0.25) is 0 Å². The van der Waals surface area contributed by atoms with Crippen LogP contribution in [-0.4, -0.2) is 24.5 Å². The number of carboxylic acid groups (broad SMARTS) is 1. The molecule has 106 valence electrons. The van der Waals surface area contributed by atoms with Gasteiger partial charge in [-0.2, -0.15) is 0 Å². The zero-order valence-corrected chi connectivity index (χ0v) is 12.6. The predicted octanol–water partition coefficient (Wildman–Crippen LogP) is 2.43. The highest BCUT2D eigenvalue weighted by molar-refractivity contribution is 7.90. The number of hydrogen-bond acceptors (Lipinski definition) is 5. The maximum absolute atomic E-state index is 12.4. The second-order valence-electron chi connectivity index (χ2n) is 4.31. The van der Waals surface area contributed by atoms with Gasteiger partial charge in [0.1, 0.15) is 10.8 Å². The number of sulfone groups is 1. The van der Waals surface area contributed by atoms with Gasteiger partial charge in [-0.15, -0.1) is 11.3 Å². The number of aromatic carboxylic acids is 1. The third kappa shape index (κ3) is 2.88. The molecule has 1 aromatic heterocycles. The first kappa shape index (κ1) is 14.7. The molecule has 7 heteroatoms. The molecule has 0 saturated carbocycles. The van der Waals surface area contributed by atoms with Gasteiger partial charge in [-0.1, -0.05) is 12.1 Å². The van der Waals surface area contributed by atoms with Crippen LogP contribution in [0, 0.1) is 13.8 Å². The zero-order valence-electron chi connectivity index (χ0n) is 11.0. The van der Waals surface area contributed by atoms with E-state index < -0.39 is 15.8 Å². The van der Waals surface area contributed by atoms with Crippen molar-refractivity contribution < 1.29 is 18.3 Å². The smallest absolute Gasteiger partial charge is 0.337 e. The summed E-state index contributed by atoms with van der Waals surface area (Å²) < 4.78 is 24.7. The maximum Gasteiger partial charge on any atom is 0.337 e. The Labute approximate surface area is 120 Å². The van der Waals surface area contributed by atoms with E-state index in [2.05, 4.69) is 4.98 Å². The number of thiazole rings is 1. The second-order valence-corrected chi connectivity index (χ2v) is 7.56. The minimum absolute atomic E-state index is 0.169. The lowest BCUT2D eigenvalue weighted by Crippen LogP contribution is -2.11. The molecule has 20 heavy (non-hydrogen) atoms. The van der Waals surface area contributed by atoms with E-state index in [4.69, 9.17) is 5.11 Å². The Hall–Kier alpha value is -1.73. The third-order valence-electron chi connectivity index (χ3n) is 2.84. The van der Waals surface area contributed by atoms with Gasteiger partial charge in [-0.25, -0.2) is 18.2 Å². The van der Waals surface area contributed by atoms with Gasteiger partial charge < -0.3 is 5.11 Å². The Balaban J connectivity index is 2.43. The van der Waals surface area contributed by atoms with E-state index in [1.54, 1.807) is 0 Å². The van der Waals surface area contributed by atoms with Gasteiger partial charge >= 0.3 is 5.97 Å². The van der Waals surface area contributed by atoms with Crippen molar-refractivity contribution in [3.63, 3.8) is 0 Å². The minimum atomic E-state index is -3.73. The summed E-state index contributed by atoms with van der Waals surface area (Å²) in [4.78, 5) is 16.1. The van der Waals surface area contributed by atoms with Crippen LogP contribution >= 0.6 is 11.3 Å². The molecule has 2 rings (SSSR count). The molecule has 0 amide bonds. The van der Waals surface area contributed by atoms with Gasteiger partial charge in [0.15, 0.2) is 9.84 Å². The first-order chi connectivity index (χ1) is 9.31. The largest absolute Gasteiger partial charge is 0.478 e. The SMILES string of the molecule is Cc1nc(CS(=O)(=O)c2ccccc2C(=O)O)sc1C. The maximum atomic E-state index is 12.4. The fourth-order valence-electron chi connectivity index (χ4n) is 1.76. The molecule has 5 nitrogen and oxygen atoms in total. The van der Waals surface area contributed by atoms with E-state index >= 15 is 0 Å². The lowest BCUT2D eigenvalue weighted by Gasteiger charge is -2.06.